The van der Waals surface area contributed by atoms with Gasteiger partial charge in [0.25, 0.3) is 0 Å². The second kappa shape index (κ2) is 6.35. The van der Waals surface area contributed by atoms with E-state index in [0.29, 0.717) is 0 Å². The molecule has 0 spiro atoms. The topological polar surface area (TPSA) is 24.5 Å². The highest BCUT2D eigenvalue weighted by Gasteiger charge is 2.27. The molecule has 1 aromatic heterocycles. The number of nitrogens with one attached hydrogen (secondary N) is 1. The van der Waals surface area contributed by atoms with Gasteiger partial charge in [-0.3, -0.25) is 4.90 Å². The summed E-state index contributed by atoms with van der Waals surface area (Å²) in [6.45, 7) is 10.2. The predicted octanol–water partition coefficient (Wildman–Crippen LogP) is 2.60. The van der Waals surface area contributed by atoms with Gasteiger partial charge in [0.1, 0.15) is 0 Å². The van der Waals surface area contributed by atoms with Crippen LogP contribution >= 0.6 is 22.9 Å². The monoisotopic (exact) mass is 288 g/mol. The van der Waals surface area contributed by atoms with Crippen LogP contribution in [0.15, 0.2) is 12.1 Å². The van der Waals surface area contributed by atoms with Gasteiger partial charge in [-0.25, -0.2) is 0 Å². The highest BCUT2D eigenvalue weighted by Crippen LogP contribution is 2.21. The van der Waals surface area contributed by atoms with Crippen molar-refractivity contribution in [2.75, 3.05) is 32.8 Å². The maximum absolute atomic E-state index is 5.92. The van der Waals surface area contributed by atoms with Gasteiger partial charge < -0.3 is 10.1 Å². The molecule has 2 heterocycles. The molecule has 3 nitrogen and oxygen atoms in total. The maximum atomic E-state index is 5.92. The maximum Gasteiger partial charge on any atom is 0.0931 e. The summed E-state index contributed by atoms with van der Waals surface area (Å²) in [6.07, 6.45) is 0. The number of rotatable bonds is 5. The average Bonchev–Trinajstić information content (AvgIpc) is 2.76. The average molecular weight is 289 g/mol. The number of nitrogens with zero attached hydrogens (tertiary/aromatic N) is 1. The quantitative estimate of drug-likeness (QED) is 0.901. The van der Waals surface area contributed by atoms with Gasteiger partial charge in [-0.15, -0.1) is 11.3 Å². The molecule has 0 aliphatic carbocycles. The summed E-state index contributed by atoms with van der Waals surface area (Å²) >= 11 is 7.56. The van der Waals surface area contributed by atoms with E-state index >= 15 is 0 Å². The van der Waals surface area contributed by atoms with E-state index in [1.165, 1.54) is 4.88 Å². The van der Waals surface area contributed by atoms with Crippen molar-refractivity contribution in [2.45, 2.75) is 25.9 Å². The molecule has 2 rings (SSSR count). The fourth-order valence-corrected chi connectivity index (χ4v) is 3.28. The van der Waals surface area contributed by atoms with Crippen molar-refractivity contribution < 1.29 is 4.74 Å². The molecule has 0 unspecified atom stereocenters. The molecule has 0 radical (unpaired) electrons. The Labute approximate surface area is 118 Å². The molecule has 0 amide bonds. The first-order chi connectivity index (χ1) is 8.58. The molecule has 1 fully saturated rings. The van der Waals surface area contributed by atoms with E-state index in [9.17, 15) is 0 Å². The molecule has 0 atom stereocenters. The third-order valence-electron chi connectivity index (χ3n) is 3.35. The number of hydrogen-bond donors (Lipinski definition) is 1. The van der Waals surface area contributed by atoms with Gasteiger partial charge in [-0.1, -0.05) is 11.6 Å². The lowest BCUT2D eigenvalue weighted by atomic mass is 10.0. The normalized spacial score (nSPS) is 18.2. The Bertz CT molecular complexity index is 375. The Morgan fingerprint density at radius 2 is 2.11 bits per heavy atom. The van der Waals surface area contributed by atoms with Crippen molar-refractivity contribution in [3.8, 4) is 0 Å². The molecule has 0 saturated carbocycles. The Morgan fingerprint density at radius 1 is 1.39 bits per heavy atom. The van der Waals surface area contributed by atoms with Gasteiger partial charge in [0, 0.05) is 36.6 Å². The summed E-state index contributed by atoms with van der Waals surface area (Å²) in [5, 5.41) is 3.52. The SMILES string of the molecule is CC(C)(CNCc1ccc(Cl)s1)N1CCOCC1. The highest BCUT2D eigenvalue weighted by molar-refractivity contribution is 7.16. The fraction of sp³-hybridized carbons (Fsp3) is 0.692. The van der Waals surface area contributed by atoms with Crippen molar-refractivity contribution in [1.82, 2.24) is 10.2 Å². The van der Waals surface area contributed by atoms with Crippen LogP contribution in [0, 0.1) is 0 Å². The van der Waals surface area contributed by atoms with E-state index in [0.717, 1.165) is 43.7 Å². The summed E-state index contributed by atoms with van der Waals surface area (Å²) in [7, 11) is 0. The Balaban J connectivity index is 1.77. The summed E-state index contributed by atoms with van der Waals surface area (Å²) in [5.41, 5.74) is 0.171. The lowest BCUT2D eigenvalue weighted by Crippen LogP contribution is -2.54. The van der Waals surface area contributed by atoms with Crippen LogP contribution in [-0.4, -0.2) is 43.3 Å². The Hall–Kier alpha value is -0.130. The molecule has 0 aromatic carbocycles. The lowest BCUT2D eigenvalue weighted by Gasteiger charge is -2.41. The van der Waals surface area contributed by atoms with Crippen LogP contribution in [0.5, 0.6) is 0 Å². The summed E-state index contributed by atoms with van der Waals surface area (Å²) < 4.78 is 6.26. The third-order valence-corrected chi connectivity index (χ3v) is 4.58. The second-order valence-electron chi connectivity index (χ2n) is 5.22. The molecule has 1 aromatic rings. The fourth-order valence-electron chi connectivity index (χ4n) is 2.22. The van der Waals surface area contributed by atoms with Gasteiger partial charge in [0.05, 0.1) is 17.6 Å². The van der Waals surface area contributed by atoms with Crippen LogP contribution in [0.2, 0.25) is 4.34 Å². The zero-order chi connectivity index (χ0) is 13.0. The largest absolute Gasteiger partial charge is 0.379 e. The van der Waals surface area contributed by atoms with E-state index in [-0.39, 0.29) is 5.54 Å². The molecule has 1 aliphatic rings. The lowest BCUT2D eigenvalue weighted by molar-refractivity contribution is -0.00965. The van der Waals surface area contributed by atoms with Crippen molar-refractivity contribution in [1.29, 1.82) is 0 Å². The summed E-state index contributed by atoms with van der Waals surface area (Å²) in [6, 6.07) is 4.04. The number of thiophene rings is 1. The first-order valence-electron chi connectivity index (χ1n) is 6.36. The van der Waals surface area contributed by atoms with E-state index in [2.05, 4.69) is 30.1 Å². The van der Waals surface area contributed by atoms with E-state index in [1.807, 2.05) is 6.07 Å². The minimum atomic E-state index is 0.171. The first-order valence-corrected chi connectivity index (χ1v) is 7.55. The van der Waals surface area contributed by atoms with Crippen LogP contribution in [0.3, 0.4) is 0 Å². The molecular weight excluding hydrogens is 268 g/mol. The van der Waals surface area contributed by atoms with Gasteiger partial charge in [0.2, 0.25) is 0 Å². The van der Waals surface area contributed by atoms with Gasteiger partial charge in [0.15, 0.2) is 0 Å². The minimum Gasteiger partial charge on any atom is -0.379 e. The molecular formula is C13H21ClN2OS. The zero-order valence-electron chi connectivity index (χ0n) is 11.0. The van der Waals surface area contributed by atoms with Gasteiger partial charge >= 0.3 is 0 Å². The zero-order valence-corrected chi connectivity index (χ0v) is 12.6. The van der Waals surface area contributed by atoms with Gasteiger partial charge in [-0.05, 0) is 26.0 Å². The van der Waals surface area contributed by atoms with Crippen LogP contribution in [-0.2, 0) is 11.3 Å². The van der Waals surface area contributed by atoms with Crippen molar-refractivity contribution >= 4 is 22.9 Å². The molecule has 1 aliphatic heterocycles. The van der Waals surface area contributed by atoms with Crippen LogP contribution in [0.4, 0.5) is 0 Å². The Morgan fingerprint density at radius 3 is 2.72 bits per heavy atom. The summed E-state index contributed by atoms with van der Waals surface area (Å²) in [4.78, 5) is 3.78. The predicted molar refractivity (Wildman–Crippen MR) is 77.5 cm³/mol. The van der Waals surface area contributed by atoms with Gasteiger partial charge in [-0.2, -0.15) is 0 Å². The van der Waals surface area contributed by atoms with Crippen LogP contribution in [0.25, 0.3) is 0 Å². The van der Waals surface area contributed by atoms with E-state index in [4.69, 9.17) is 16.3 Å². The third kappa shape index (κ3) is 3.93. The molecule has 18 heavy (non-hydrogen) atoms. The second-order valence-corrected chi connectivity index (χ2v) is 7.02. The molecule has 1 saturated heterocycles. The smallest absolute Gasteiger partial charge is 0.0931 e. The number of morpholine rings is 1. The number of hydrogen-bond acceptors (Lipinski definition) is 4. The molecule has 1 N–H and O–H groups in total. The van der Waals surface area contributed by atoms with E-state index < -0.39 is 0 Å². The van der Waals surface area contributed by atoms with Crippen LogP contribution < -0.4 is 5.32 Å². The highest BCUT2D eigenvalue weighted by atomic mass is 35.5. The van der Waals surface area contributed by atoms with Crippen LogP contribution in [0.1, 0.15) is 18.7 Å². The van der Waals surface area contributed by atoms with Crippen molar-refractivity contribution in [2.24, 2.45) is 0 Å². The summed E-state index contributed by atoms with van der Waals surface area (Å²) in [5.74, 6) is 0. The first kappa shape index (κ1) is 14.3. The number of ether oxygens (including phenoxy) is 1. The molecule has 0 bridgehead atoms. The standard InChI is InChI=1S/C13H21ClN2OS/c1-13(2,16-5-7-17-8-6-16)10-15-9-11-3-4-12(14)18-11/h3-4,15H,5-10H2,1-2H3. The number of halogens is 1. The van der Waals surface area contributed by atoms with E-state index in [1.54, 1.807) is 11.3 Å². The Kier molecular flexibility index (Phi) is 5.04. The van der Waals surface area contributed by atoms with Crippen molar-refractivity contribution in [3.05, 3.63) is 21.3 Å². The molecule has 5 heteroatoms. The van der Waals surface area contributed by atoms with Crippen molar-refractivity contribution in [3.63, 3.8) is 0 Å². The molecule has 102 valence electrons. The minimum absolute atomic E-state index is 0.171.